The zero-order chi connectivity index (χ0) is 19.9. The van der Waals surface area contributed by atoms with Crippen LogP contribution in [0.15, 0.2) is 59.5 Å². The summed E-state index contributed by atoms with van der Waals surface area (Å²) in [7, 11) is -3.24. The summed E-state index contributed by atoms with van der Waals surface area (Å²) in [6.45, 7) is 2.01. The Balaban J connectivity index is 1.75. The molecule has 0 unspecified atom stereocenters. The van der Waals surface area contributed by atoms with Gasteiger partial charge in [0.1, 0.15) is 0 Å². The first-order chi connectivity index (χ1) is 12.8. The van der Waals surface area contributed by atoms with Gasteiger partial charge in [-0.05, 0) is 36.8 Å². The van der Waals surface area contributed by atoms with Gasteiger partial charge in [-0.25, -0.2) is 13.2 Å². The topological polar surface area (TPSA) is 104 Å². The minimum absolute atomic E-state index is 0.133. The van der Waals surface area contributed by atoms with Gasteiger partial charge in [0.15, 0.2) is 9.84 Å². The Morgan fingerprint density at radius 3 is 2.22 bits per heavy atom. The number of hydrogen-bond acceptors (Lipinski definition) is 4. The van der Waals surface area contributed by atoms with Gasteiger partial charge in [0.2, 0.25) is 5.91 Å². The second-order valence-corrected chi connectivity index (χ2v) is 8.14. The fourth-order valence-electron chi connectivity index (χ4n) is 2.39. The van der Waals surface area contributed by atoms with Crippen LogP contribution in [0.5, 0.6) is 0 Å². The lowest BCUT2D eigenvalue weighted by Gasteiger charge is -2.15. The number of para-hydroxylation sites is 1. The van der Waals surface area contributed by atoms with E-state index in [2.05, 4.69) is 16.0 Å². The summed E-state index contributed by atoms with van der Waals surface area (Å²) in [5, 5.41) is 8.11. The summed E-state index contributed by atoms with van der Waals surface area (Å²) in [6, 6.07) is 14.7. The van der Waals surface area contributed by atoms with Crippen LogP contribution in [-0.2, 0) is 14.6 Å². The highest BCUT2D eigenvalue weighted by molar-refractivity contribution is 7.90. The largest absolute Gasteiger partial charge is 0.350 e. The number of nitrogens with one attached hydrogen (secondary N) is 3. The van der Waals surface area contributed by atoms with Gasteiger partial charge in [0.05, 0.1) is 10.9 Å². The van der Waals surface area contributed by atoms with Crippen molar-refractivity contribution in [3.63, 3.8) is 0 Å². The van der Waals surface area contributed by atoms with Crippen molar-refractivity contribution in [1.82, 2.24) is 10.6 Å². The summed E-state index contributed by atoms with van der Waals surface area (Å²) >= 11 is 0. The molecule has 0 saturated heterocycles. The number of sulfone groups is 1. The molecule has 0 aliphatic rings. The molecule has 2 aromatic carbocycles. The van der Waals surface area contributed by atoms with E-state index in [1.807, 2.05) is 25.1 Å². The number of benzene rings is 2. The van der Waals surface area contributed by atoms with Crippen molar-refractivity contribution in [2.45, 2.75) is 24.3 Å². The molecule has 0 aliphatic carbocycles. The standard InChI is InChI=1S/C19H23N3O4S/c1-14(15-8-10-17(11-9-15)27(2,25)26)21-18(23)12-13-20-19(24)22-16-6-4-3-5-7-16/h3-11,14H,12-13H2,1-2H3,(H,21,23)(H2,20,22,24)/t14-/m1/s1. The lowest BCUT2D eigenvalue weighted by Crippen LogP contribution is -2.34. The average molecular weight is 389 g/mol. The van der Waals surface area contributed by atoms with Crippen molar-refractivity contribution in [2.24, 2.45) is 0 Å². The van der Waals surface area contributed by atoms with E-state index in [0.29, 0.717) is 5.69 Å². The first-order valence-electron chi connectivity index (χ1n) is 8.45. The first kappa shape index (κ1) is 20.4. The molecule has 2 aromatic rings. The maximum atomic E-state index is 12.0. The molecule has 0 spiro atoms. The zero-order valence-electron chi connectivity index (χ0n) is 15.2. The highest BCUT2D eigenvalue weighted by atomic mass is 32.2. The average Bonchev–Trinajstić information content (AvgIpc) is 2.62. The number of urea groups is 1. The van der Waals surface area contributed by atoms with E-state index in [0.717, 1.165) is 11.8 Å². The highest BCUT2D eigenvalue weighted by Crippen LogP contribution is 2.16. The number of carbonyl (C=O) groups excluding carboxylic acids is 2. The van der Waals surface area contributed by atoms with Crippen LogP contribution >= 0.6 is 0 Å². The maximum Gasteiger partial charge on any atom is 0.319 e. The lowest BCUT2D eigenvalue weighted by atomic mass is 10.1. The van der Waals surface area contributed by atoms with Crippen LogP contribution in [0.2, 0.25) is 0 Å². The Morgan fingerprint density at radius 1 is 1.00 bits per heavy atom. The Morgan fingerprint density at radius 2 is 1.63 bits per heavy atom. The van der Waals surface area contributed by atoms with Gasteiger partial charge in [-0.15, -0.1) is 0 Å². The Bertz CT molecular complexity index is 881. The van der Waals surface area contributed by atoms with Crippen molar-refractivity contribution in [1.29, 1.82) is 0 Å². The molecule has 0 saturated carbocycles. The Labute approximate surface area is 159 Å². The van der Waals surface area contributed by atoms with Crippen LogP contribution in [-0.4, -0.2) is 33.2 Å². The molecular weight excluding hydrogens is 366 g/mol. The number of amides is 3. The van der Waals surface area contributed by atoms with Crippen LogP contribution in [0.4, 0.5) is 10.5 Å². The van der Waals surface area contributed by atoms with E-state index in [-0.39, 0.29) is 35.8 Å². The van der Waals surface area contributed by atoms with Gasteiger partial charge in [-0.2, -0.15) is 0 Å². The molecule has 8 heteroatoms. The maximum absolute atomic E-state index is 12.0. The monoisotopic (exact) mass is 389 g/mol. The van der Waals surface area contributed by atoms with Crippen LogP contribution in [0.3, 0.4) is 0 Å². The molecule has 1 atom stereocenters. The molecule has 2 rings (SSSR count). The molecule has 0 bridgehead atoms. The number of hydrogen-bond donors (Lipinski definition) is 3. The molecule has 144 valence electrons. The molecule has 27 heavy (non-hydrogen) atoms. The highest BCUT2D eigenvalue weighted by Gasteiger charge is 2.12. The van der Waals surface area contributed by atoms with E-state index in [9.17, 15) is 18.0 Å². The van der Waals surface area contributed by atoms with Crippen LogP contribution in [0.1, 0.15) is 24.9 Å². The molecule has 0 aliphatic heterocycles. The third kappa shape index (κ3) is 6.74. The first-order valence-corrected chi connectivity index (χ1v) is 10.3. The molecule has 0 fully saturated rings. The van der Waals surface area contributed by atoms with E-state index >= 15 is 0 Å². The molecule has 0 heterocycles. The van der Waals surface area contributed by atoms with E-state index in [1.54, 1.807) is 24.3 Å². The van der Waals surface area contributed by atoms with E-state index < -0.39 is 9.84 Å². The predicted octanol–water partition coefficient (Wildman–Crippen LogP) is 2.48. The SMILES string of the molecule is C[C@@H](NC(=O)CCNC(=O)Nc1ccccc1)c1ccc(S(C)(=O)=O)cc1. The number of carbonyl (C=O) groups is 2. The number of rotatable bonds is 7. The second kappa shape index (κ2) is 9.18. The third-order valence-corrected chi connectivity index (χ3v) is 4.98. The minimum atomic E-state index is -3.24. The fourth-order valence-corrected chi connectivity index (χ4v) is 3.02. The molecule has 0 aromatic heterocycles. The molecule has 0 radical (unpaired) electrons. The van der Waals surface area contributed by atoms with Crippen molar-refractivity contribution in [3.05, 3.63) is 60.2 Å². The summed E-state index contributed by atoms with van der Waals surface area (Å²) in [4.78, 5) is 24.0. The van der Waals surface area contributed by atoms with Gasteiger partial charge in [-0.1, -0.05) is 30.3 Å². The lowest BCUT2D eigenvalue weighted by molar-refractivity contribution is -0.121. The van der Waals surface area contributed by atoms with Gasteiger partial charge in [0.25, 0.3) is 0 Å². The van der Waals surface area contributed by atoms with Gasteiger partial charge < -0.3 is 16.0 Å². The molecule has 7 nitrogen and oxygen atoms in total. The van der Waals surface area contributed by atoms with Gasteiger partial charge >= 0.3 is 6.03 Å². The Hall–Kier alpha value is -2.87. The van der Waals surface area contributed by atoms with E-state index in [1.165, 1.54) is 12.1 Å². The normalized spacial score (nSPS) is 12.1. The second-order valence-electron chi connectivity index (χ2n) is 6.13. The van der Waals surface area contributed by atoms with Gasteiger partial charge in [-0.3, -0.25) is 4.79 Å². The van der Waals surface area contributed by atoms with Crippen molar-refractivity contribution in [3.8, 4) is 0 Å². The minimum Gasteiger partial charge on any atom is -0.350 e. The summed E-state index contributed by atoms with van der Waals surface area (Å²) in [6.07, 6.45) is 1.28. The zero-order valence-corrected chi connectivity index (χ0v) is 16.0. The number of anilines is 1. The van der Waals surface area contributed by atoms with Crippen molar-refractivity contribution in [2.75, 3.05) is 18.1 Å². The van der Waals surface area contributed by atoms with Crippen molar-refractivity contribution >= 4 is 27.5 Å². The smallest absolute Gasteiger partial charge is 0.319 e. The summed E-state index contributed by atoms with van der Waals surface area (Å²) < 4.78 is 22.9. The molecule has 3 amide bonds. The summed E-state index contributed by atoms with van der Waals surface area (Å²) in [5.74, 6) is -0.213. The van der Waals surface area contributed by atoms with Crippen LogP contribution < -0.4 is 16.0 Å². The Kier molecular flexibility index (Phi) is 6.95. The predicted molar refractivity (Wildman–Crippen MR) is 104 cm³/mol. The quantitative estimate of drug-likeness (QED) is 0.677. The molecule has 3 N–H and O–H groups in total. The van der Waals surface area contributed by atoms with Crippen LogP contribution in [0.25, 0.3) is 0 Å². The third-order valence-electron chi connectivity index (χ3n) is 3.86. The van der Waals surface area contributed by atoms with Crippen molar-refractivity contribution < 1.29 is 18.0 Å². The van der Waals surface area contributed by atoms with Crippen LogP contribution in [0, 0.1) is 0 Å². The summed E-state index contributed by atoms with van der Waals surface area (Å²) in [5.41, 5.74) is 1.47. The van der Waals surface area contributed by atoms with E-state index in [4.69, 9.17) is 0 Å². The van der Waals surface area contributed by atoms with Gasteiger partial charge in [0, 0.05) is 24.9 Å². The molecular formula is C19H23N3O4S. The fraction of sp³-hybridized carbons (Fsp3) is 0.263.